The summed E-state index contributed by atoms with van der Waals surface area (Å²) in [5.41, 5.74) is -0.684. The molecule has 0 aromatic carbocycles. The van der Waals surface area contributed by atoms with E-state index in [9.17, 15) is 9.59 Å². The smallest absolute Gasteiger partial charge is 0.325 e. The van der Waals surface area contributed by atoms with Gasteiger partial charge >= 0.3 is 5.97 Å². The Labute approximate surface area is 103 Å². The van der Waals surface area contributed by atoms with Crippen LogP contribution in [0.25, 0.3) is 0 Å². The summed E-state index contributed by atoms with van der Waals surface area (Å²) in [5.74, 6) is -0.482. The van der Waals surface area contributed by atoms with Gasteiger partial charge < -0.3 is 15.0 Å². The number of carbonyl (C=O) groups excluding carboxylic acids is 2. The fourth-order valence-corrected chi connectivity index (χ4v) is 1.30. The molecule has 5 nitrogen and oxygen atoms in total. The van der Waals surface area contributed by atoms with Crippen LogP contribution >= 0.6 is 0 Å². The average Bonchev–Trinajstić information content (AvgIpc) is 2.25. The van der Waals surface area contributed by atoms with Gasteiger partial charge in [-0.1, -0.05) is 0 Å². The molecule has 0 heterocycles. The summed E-state index contributed by atoms with van der Waals surface area (Å²) in [6, 6.07) is -0.0421. The SMILES string of the molecule is CCOC(=O)CN(C(=O)C(C)(C)NC)C(C)C. The average molecular weight is 244 g/mol. The van der Waals surface area contributed by atoms with E-state index in [0.29, 0.717) is 6.61 Å². The topological polar surface area (TPSA) is 58.6 Å². The second kappa shape index (κ2) is 6.59. The van der Waals surface area contributed by atoms with E-state index in [2.05, 4.69) is 5.32 Å². The minimum Gasteiger partial charge on any atom is -0.465 e. The maximum atomic E-state index is 12.2. The van der Waals surface area contributed by atoms with Crippen LogP contribution in [0, 0.1) is 0 Å². The number of carbonyl (C=O) groups is 2. The van der Waals surface area contributed by atoms with Crippen molar-refractivity contribution in [3.8, 4) is 0 Å². The molecular weight excluding hydrogens is 220 g/mol. The molecule has 0 aliphatic heterocycles. The Balaban J connectivity index is 4.75. The van der Waals surface area contributed by atoms with Crippen molar-refractivity contribution in [3.63, 3.8) is 0 Å². The summed E-state index contributed by atoms with van der Waals surface area (Å²) in [5, 5.41) is 2.94. The fraction of sp³-hybridized carbons (Fsp3) is 0.833. The van der Waals surface area contributed by atoms with E-state index in [1.165, 1.54) is 4.90 Å². The molecule has 0 fully saturated rings. The molecule has 1 amide bonds. The molecular formula is C12H24N2O3. The van der Waals surface area contributed by atoms with Crippen molar-refractivity contribution in [1.82, 2.24) is 10.2 Å². The van der Waals surface area contributed by atoms with Crippen LogP contribution in [0.2, 0.25) is 0 Å². The molecule has 0 unspecified atom stereocenters. The standard InChI is InChI=1S/C12H24N2O3/c1-7-17-10(15)8-14(9(2)3)11(16)12(4,5)13-6/h9,13H,7-8H2,1-6H3. The largest absolute Gasteiger partial charge is 0.465 e. The Hall–Kier alpha value is -1.10. The predicted molar refractivity (Wildman–Crippen MR) is 66.6 cm³/mol. The first kappa shape index (κ1) is 15.9. The van der Waals surface area contributed by atoms with Crippen LogP contribution in [0.3, 0.4) is 0 Å². The van der Waals surface area contributed by atoms with Gasteiger partial charge in [-0.15, -0.1) is 0 Å². The summed E-state index contributed by atoms with van der Waals surface area (Å²) in [7, 11) is 1.72. The summed E-state index contributed by atoms with van der Waals surface area (Å²) in [6.07, 6.45) is 0. The number of ether oxygens (including phenoxy) is 1. The maximum absolute atomic E-state index is 12.2. The molecule has 0 radical (unpaired) electrons. The molecule has 100 valence electrons. The van der Waals surface area contributed by atoms with Crippen LogP contribution in [-0.4, -0.2) is 48.6 Å². The normalized spacial score (nSPS) is 11.5. The highest BCUT2D eigenvalue weighted by molar-refractivity contribution is 5.88. The van der Waals surface area contributed by atoms with Crippen molar-refractivity contribution < 1.29 is 14.3 Å². The Morgan fingerprint density at radius 2 is 1.88 bits per heavy atom. The van der Waals surface area contributed by atoms with Crippen LogP contribution in [0.5, 0.6) is 0 Å². The Bertz CT molecular complexity index is 275. The van der Waals surface area contributed by atoms with Crippen molar-refractivity contribution in [2.45, 2.75) is 46.2 Å². The number of rotatable bonds is 6. The monoisotopic (exact) mass is 244 g/mol. The first-order valence-electron chi connectivity index (χ1n) is 5.91. The van der Waals surface area contributed by atoms with Crippen molar-refractivity contribution in [1.29, 1.82) is 0 Å². The van der Waals surface area contributed by atoms with Crippen LogP contribution < -0.4 is 5.32 Å². The van der Waals surface area contributed by atoms with Gasteiger partial charge in [0, 0.05) is 6.04 Å². The first-order valence-corrected chi connectivity index (χ1v) is 5.91. The van der Waals surface area contributed by atoms with Crippen LogP contribution in [0.1, 0.15) is 34.6 Å². The molecule has 0 rings (SSSR count). The van der Waals surface area contributed by atoms with E-state index < -0.39 is 5.54 Å². The maximum Gasteiger partial charge on any atom is 0.325 e. The molecule has 0 aliphatic carbocycles. The van der Waals surface area contributed by atoms with Crippen molar-refractivity contribution in [2.75, 3.05) is 20.2 Å². The number of nitrogens with one attached hydrogen (secondary N) is 1. The zero-order valence-electron chi connectivity index (χ0n) is 11.7. The summed E-state index contributed by atoms with van der Waals surface area (Å²) in [4.78, 5) is 25.2. The van der Waals surface area contributed by atoms with Gasteiger partial charge in [0.15, 0.2) is 0 Å². The molecule has 0 aliphatic rings. The van der Waals surface area contributed by atoms with Gasteiger partial charge in [-0.25, -0.2) is 0 Å². The lowest BCUT2D eigenvalue weighted by Crippen LogP contribution is -2.55. The van der Waals surface area contributed by atoms with Crippen LogP contribution in [-0.2, 0) is 14.3 Å². The number of likely N-dealkylation sites (N-methyl/N-ethyl adjacent to an activating group) is 1. The number of nitrogens with zero attached hydrogens (tertiary/aromatic N) is 1. The van der Waals surface area contributed by atoms with Gasteiger partial charge in [0.05, 0.1) is 12.1 Å². The molecule has 0 aromatic heterocycles. The quantitative estimate of drug-likeness (QED) is 0.702. The van der Waals surface area contributed by atoms with Gasteiger partial charge in [0.2, 0.25) is 5.91 Å². The third-order valence-corrected chi connectivity index (χ3v) is 2.65. The summed E-state index contributed by atoms with van der Waals surface area (Å²) in [6.45, 7) is 9.40. The second-order valence-electron chi connectivity index (χ2n) is 4.71. The van der Waals surface area contributed by atoms with Gasteiger partial charge in [-0.3, -0.25) is 9.59 Å². The molecule has 0 atom stereocenters. The van der Waals surface area contributed by atoms with E-state index >= 15 is 0 Å². The summed E-state index contributed by atoms with van der Waals surface area (Å²) >= 11 is 0. The summed E-state index contributed by atoms with van der Waals surface area (Å²) < 4.78 is 4.87. The van der Waals surface area contributed by atoms with E-state index in [-0.39, 0.29) is 24.5 Å². The molecule has 17 heavy (non-hydrogen) atoms. The third-order valence-electron chi connectivity index (χ3n) is 2.65. The number of hydrogen-bond acceptors (Lipinski definition) is 4. The second-order valence-corrected chi connectivity index (χ2v) is 4.71. The Morgan fingerprint density at radius 1 is 1.35 bits per heavy atom. The first-order chi connectivity index (χ1) is 7.76. The molecule has 0 bridgehead atoms. The Kier molecular flexibility index (Phi) is 6.16. The van der Waals surface area contributed by atoms with Gasteiger partial charge in [0.25, 0.3) is 0 Å². The molecule has 0 saturated heterocycles. The third kappa shape index (κ3) is 4.73. The van der Waals surface area contributed by atoms with E-state index in [4.69, 9.17) is 4.74 Å². The number of amides is 1. The zero-order chi connectivity index (χ0) is 13.6. The van der Waals surface area contributed by atoms with Gasteiger partial charge in [-0.2, -0.15) is 0 Å². The highest BCUT2D eigenvalue weighted by Crippen LogP contribution is 2.10. The molecule has 0 saturated carbocycles. The van der Waals surface area contributed by atoms with Gasteiger partial charge in [-0.05, 0) is 41.7 Å². The van der Waals surface area contributed by atoms with Crippen molar-refractivity contribution in [3.05, 3.63) is 0 Å². The minimum absolute atomic E-state index is 0.00451. The Morgan fingerprint density at radius 3 is 2.24 bits per heavy atom. The highest BCUT2D eigenvalue weighted by atomic mass is 16.5. The minimum atomic E-state index is -0.684. The van der Waals surface area contributed by atoms with E-state index in [1.54, 1.807) is 27.8 Å². The van der Waals surface area contributed by atoms with Gasteiger partial charge in [0.1, 0.15) is 6.54 Å². The molecule has 5 heteroatoms. The fourth-order valence-electron chi connectivity index (χ4n) is 1.30. The lowest BCUT2D eigenvalue weighted by atomic mass is 10.0. The zero-order valence-corrected chi connectivity index (χ0v) is 11.7. The lowest BCUT2D eigenvalue weighted by Gasteiger charge is -2.33. The number of esters is 1. The van der Waals surface area contributed by atoms with Crippen LogP contribution in [0.15, 0.2) is 0 Å². The highest BCUT2D eigenvalue weighted by Gasteiger charge is 2.32. The van der Waals surface area contributed by atoms with Crippen molar-refractivity contribution in [2.24, 2.45) is 0 Å². The lowest BCUT2D eigenvalue weighted by molar-refractivity contribution is -0.152. The number of hydrogen-bond donors (Lipinski definition) is 1. The van der Waals surface area contributed by atoms with Crippen LogP contribution in [0.4, 0.5) is 0 Å². The predicted octanol–water partition coefficient (Wildman–Crippen LogP) is 0.785. The van der Waals surface area contributed by atoms with E-state index in [1.807, 2.05) is 13.8 Å². The molecule has 1 N–H and O–H groups in total. The van der Waals surface area contributed by atoms with E-state index in [0.717, 1.165) is 0 Å². The molecule has 0 aromatic rings. The van der Waals surface area contributed by atoms with Crippen molar-refractivity contribution >= 4 is 11.9 Å². The molecule has 0 spiro atoms.